The number of methoxy groups -OCH3 is 2. The number of hydrogen-bond donors (Lipinski definition) is 1. The molecule has 0 bridgehead atoms. The lowest BCUT2D eigenvalue weighted by Crippen LogP contribution is -2.52. The van der Waals surface area contributed by atoms with Crippen molar-refractivity contribution in [2.24, 2.45) is 0 Å². The molecule has 1 N–H and O–H groups in total. The molecule has 0 fully saturated rings. The van der Waals surface area contributed by atoms with Crippen LogP contribution in [0, 0.1) is 5.82 Å². The second-order valence-electron chi connectivity index (χ2n) is 4.71. The average molecular weight is 383 g/mol. The van der Waals surface area contributed by atoms with Crippen LogP contribution in [-0.4, -0.2) is 38.4 Å². The molecule has 1 aliphatic rings. The number of alkyl halides is 4. The van der Waals surface area contributed by atoms with Gasteiger partial charge >= 0.3 is 24.2 Å². The first-order valence-electron chi connectivity index (χ1n) is 6.63. The fourth-order valence-electron chi connectivity index (χ4n) is 1.76. The van der Waals surface area contributed by atoms with Crippen molar-refractivity contribution in [3.8, 4) is 11.5 Å². The van der Waals surface area contributed by atoms with Crippen LogP contribution in [0.4, 0.5) is 27.6 Å². The SMILES string of the molecule is COC(=O)/C=C(/Nc1cc2c(cc1F)OC(F)(F)C(F)(F)O2)C(=O)OC. The third kappa shape index (κ3) is 3.63. The third-order valence-corrected chi connectivity index (χ3v) is 2.99. The van der Waals surface area contributed by atoms with Gasteiger partial charge in [-0.25, -0.2) is 14.0 Å². The molecule has 0 saturated carbocycles. The van der Waals surface area contributed by atoms with Crippen molar-refractivity contribution >= 4 is 17.6 Å². The highest BCUT2D eigenvalue weighted by Crippen LogP contribution is 2.48. The van der Waals surface area contributed by atoms with Crippen LogP contribution in [0.3, 0.4) is 0 Å². The molecule has 0 aliphatic carbocycles. The minimum absolute atomic E-state index is 0.341. The molecule has 1 aromatic rings. The van der Waals surface area contributed by atoms with E-state index in [2.05, 4.69) is 24.3 Å². The maximum absolute atomic E-state index is 14.0. The number of halogens is 5. The van der Waals surface area contributed by atoms with E-state index < -0.39 is 52.9 Å². The Balaban J connectivity index is 2.41. The molecule has 0 amide bonds. The number of hydrogen-bond acceptors (Lipinski definition) is 7. The van der Waals surface area contributed by atoms with Crippen molar-refractivity contribution < 1.29 is 50.5 Å². The van der Waals surface area contributed by atoms with Crippen molar-refractivity contribution in [2.45, 2.75) is 12.2 Å². The lowest BCUT2D eigenvalue weighted by Gasteiger charge is -2.32. The third-order valence-electron chi connectivity index (χ3n) is 2.99. The van der Waals surface area contributed by atoms with Gasteiger partial charge in [0.05, 0.1) is 26.0 Å². The average Bonchev–Trinajstić information content (AvgIpc) is 2.55. The Hall–Kier alpha value is -3.05. The molecule has 0 radical (unpaired) electrons. The Morgan fingerprint density at radius 2 is 1.58 bits per heavy atom. The molecular formula is C14H10F5NO6. The predicted octanol–water partition coefficient (Wildman–Crippen LogP) is 2.42. The predicted molar refractivity (Wildman–Crippen MR) is 73.3 cm³/mol. The van der Waals surface area contributed by atoms with Gasteiger partial charge in [0, 0.05) is 12.1 Å². The fraction of sp³-hybridized carbons (Fsp3) is 0.286. The second-order valence-corrected chi connectivity index (χ2v) is 4.71. The molecule has 1 aliphatic heterocycles. The molecule has 0 atom stereocenters. The summed E-state index contributed by atoms with van der Waals surface area (Å²) in [7, 11) is 1.96. The molecule has 1 aromatic carbocycles. The Bertz CT molecular complexity index is 779. The van der Waals surface area contributed by atoms with Crippen molar-refractivity contribution in [1.29, 1.82) is 0 Å². The Labute approximate surface area is 142 Å². The van der Waals surface area contributed by atoms with E-state index in [4.69, 9.17) is 0 Å². The fourth-order valence-corrected chi connectivity index (χ4v) is 1.76. The van der Waals surface area contributed by atoms with Gasteiger partial charge in [0.25, 0.3) is 0 Å². The summed E-state index contributed by atoms with van der Waals surface area (Å²) in [5, 5.41) is 2.10. The van der Waals surface area contributed by atoms with Crippen LogP contribution in [0.25, 0.3) is 0 Å². The van der Waals surface area contributed by atoms with Crippen LogP contribution in [-0.2, 0) is 19.1 Å². The monoisotopic (exact) mass is 383 g/mol. The Morgan fingerprint density at radius 1 is 1.04 bits per heavy atom. The summed E-state index contributed by atoms with van der Waals surface area (Å²) in [6, 6.07) is 0.885. The van der Waals surface area contributed by atoms with Crippen LogP contribution in [0.2, 0.25) is 0 Å². The van der Waals surface area contributed by atoms with E-state index >= 15 is 0 Å². The highest BCUT2D eigenvalue weighted by molar-refractivity contribution is 5.98. The highest BCUT2D eigenvalue weighted by Gasteiger charge is 2.66. The van der Waals surface area contributed by atoms with E-state index in [1.54, 1.807) is 0 Å². The first-order valence-corrected chi connectivity index (χ1v) is 6.63. The number of carbonyl (C=O) groups is 2. The van der Waals surface area contributed by atoms with Crippen molar-refractivity contribution in [1.82, 2.24) is 0 Å². The first-order chi connectivity index (χ1) is 12.0. The largest absolute Gasteiger partial charge is 0.507 e. The zero-order valence-electron chi connectivity index (χ0n) is 13.1. The molecule has 0 spiro atoms. The van der Waals surface area contributed by atoms with Gasteiger partial charge in [0.15, 0.2) is 17.3 Å². The second kappa shape index (κ2) is 6.69. The van der Waals surface area contributed by atoms with E-state index in [9.17, 15) is 31.5 Å². The highest BCUT2D eigenvalue weighted by atomic mass is 19.3. The number of carbonyl (C=O) groups excluding carboxylic acids is 2. The van der Waals surface area contributed by atoms with Crippen LogP contribution >= 0.6 is 0 Å². The normalized spacial score (nSPS) is 17.3. The molecule has 142 valence electrons. The topological polar surface area (TPSA) is 83.1 Å². The molecule has 12 heteroatoms. The van der Waals surface area contributed by atoms with E-state index in [1.807, 2.05) is 0 Å². The number of anilines is 1. The van der Waals surface area contributed by atoms with Gasteiger partial charge in [0.2, 0.25) is 0 Å². The number of ether oxygens (including phenoxy) is 4. The summed E-state index contributed by atoms with van der Waals surface area (Å²) in [4.78, 5) is 22.8. The Morgan fingerprint density at radius 3 is 2.08 bits per heavy atom. The number of nitrogens with one attached hydrogen (secondary N) is 1. The van der Waals surface area contributed by atoms with E-state index in [-0.39, 0.29) is 0 Å². The Kier molecular flexibility index (Phi) is 4.96. The van der Waals surface area contributed by atoms with Gasteiger partial charge in [-0.05, 0) is 0 Å². The first kappa shape index (κ1) is 19.3. The summed E-state index contributed by atoms with van der Waals surface area (Å²) in [5.41, 5.74) is -1.28. The molecule has 0 unspecified atom stereocenters. The number of fused-ring (bicyclic) bond motifs is 1. The van der Waals surface area contributed by atoms with Crippen LogP contribution in [0.15, 0.2) is 23.9 Å². The van der Waals surface area contributed by atoms with Crippen LogP contribution in [0.1, 0.15) is 0 Å². The molecule has 2 rings (SSSR count). The van der Waals surface area contributed by atoms with E-state index in [0.29, 0.717) is 18.2 Å². The quantitative estimate of drug-likeness (QED) is 0.486. The van der Waals surface area contributed by atoms with Crippen molar-refractivity contribution in [3.05, 3.63) is 29.7 Å². The van der Waals surface area contributed by atoms with E-state index in [1.165, 1.54) is 0 Å². The summed E-state index contributed by atoms with van der Waals surface area (Å²) in [5.74, 6) is -5.32. The molecule has 0 aromatic heterocycles. The number of rotatable bonds is 4. The van der Waals surface area contributed by atoms with Gasteiger partial charge < -0.3 is 24.3 Å². The molecule has 0 saturated heterocycles. The van der Waals surface area contributed by atoms with Gasteiger partial charge in [-0.3, -0.25) is 0 Å². The lowest BCUT2D eigenvalue weighted by molar-refractivity contribution is -0.391. The number of esters is 2. The van der Waals surface area contributed by atoms with E-state index in [0.717, 1.165) is 14.2 Å². The summed E-state index contributed by atoms with van der Waals surface area (Å²) >= 11 is 0. The standard InChI is InChI=1S/C14H10F5NO6/c1-23-11(21)5-8(12(22)24-2)20-7-4-10-9(3-6(7)15)25-13(16,17)14(18,19)26-10/h3-5,20H,1-2H3/b8-5+. The molecule has 26 heavy (non-hydrogen) atoms. The van der Waals surface area contributed by atoms with Gasteiger partial charge in [-0.15, -0.1) is 0 Å². The summed E-state index contributed by atoms with van der Waals surface area (Å²) in [6.45, 7) is 0. The zero-order valence-corrected chi connectivity index (χ0v) is 13.1. The zero-order chi connectivity index (χ0) is 19.7. The van der Waals surface area contributed by atoms with Crippen molar-refractivity contribution in [3.63, 3.8) is 0 Å². The summed E-state index contributed by atoms with van der Waals surface area (Å²) in [6.07, 6.45) is -9.42. The van der Waals surface area contributed by atoms with Gasteiger partial charge in [-0.2, -0.15) is 17.6 Å². The summed E-state index contributed by atoms with van der Waals surface area (Å²) < 4.78 is 82.9. The minimum atomic E-state index is -5.01. The minimum Gasteiger partial charge on any atom is -0.466 e. The van der Waals surface area contributed by atoms with Crippen molar-refractivity contribution in [2.75, 3.05) is 19.5 Å². The molecule has 1 heterocycles. The number of benzene rings is 1. The van der Waals surface area contributed by atoms with Gasteiger partial charge in [0.1, 0.15) is 5.70 Å². The molecular weight excluding hydrogens is 373 g/mol. The maximum atomic E-state index is 14.0. The maximum Gasteiger partial charge on any atom is 0.507 e. The van der Waals surface area contributed by atoms with Crippen LogP contribution < -0.4 is 14.8 Å². The lowest BCUT2D eigenvalue weighted by atomic mass is 10.2. The molecule has 7 nitrogen and oxygen atoms in total. The van der Waals surface area contributed by atoms with Gasteiger partial charge in [-0.1, -0.05) is 0 Å². The van der Waals surface area contributed by atoms with Crippen LogP contribution in [0.5, 0.6) is 11.5 Å². The smallest absolute Gasteiger partial charge is 0.466 e.